The van der Waals surface area contributed by atoms with Crippen LogP contribution < -0.4 is 10.0 Å². The summed E-state index contributed by atoms with van der Waals surface area (Å²) in [7, 11) is -3.55. The summed E-state index contributed by atoms with van der Waals surface area (Å²) in [6.45, 7) is 3.16. The second-order valence-corrected chi connectivity index (χ2v) is 8.23. The van der Waals surface area contributed by atoms with Crippen LogP contribution in [-0.4, -0.2) is 36.9 Å². The molecule has 0 spiro atoms. The van der Waals surface area contributed by atoms with Crippen molar-refractivity contribution in [2.75, 3.05) is 13.1 Å². The number of aromatic nitrogens is 2. The number of halogens is 1. The van der Waals surface area contributed by atoms with Gasteiger partial charge in [-0.05, 0) is 48.1 Å². The zero-order chi connectivity index (χ0) is 17.7. The van der Waals surface area contributed by atoms with Gasteiger partial charge in [-0.2, -0.15) is 4.37 Å². The van der Waals surface area contributed by atoms with Gasteiger partial charge < -0.3 is 5.32 Å². The number of rotatable bonds is 8. The van der Waals surface area contributed by atoms with E-state index in [1.54, 1.807) is 36.7 Å². The normalized spacial score (nSPS) is 12.7. The van der Waals surface area contributed by atoms with E-state index in [0.717, 1.165) is 29.4 Å². The Morgan fingerprint density at radius 1 is 1.19 bits per heavy atom. The molecule has 6 nitrogen and oxygen atoms in total. The molecule has 0 amide bonds. The Balaban J connectivity index is 0.00000243. The van der Waals surface area contributed by atoms with E-state index < -0.39 is 10.0 Å². The average molecular weight is 413 g/mol. The van der Waals surface area contributed by atoms with Crippen molar-refractivity contribution in [3.05, 3.63) is 53.8 Å². The molecular weight excluding hydrogens is 392 g/mol. The van der Waals surface area contributed by atoms with Gasteiger partial charge in [-0.3, -0.25) is 4.98 Å². The lowest BCUT2D eigenvalue weighted by Crippen LogP contribution is -2.40. The van der Waals surface area contributed by atoms with Crippen molar-refractivity contribution in [3.8, 4) is 0 Å². The molecule has 1 atom stereocenters. The highest BCUT2D eigenvalue weighted by atomic mass is 35.5. The minimum absolute atomic E-state index is 0. The van der Waals surface area contributed by atoms with Gasteiger partial charge in [-0.25, -0.2) is 13.1 Å². The van der Waals surface area contributed by atoms with Crippen molar-refractivity contribution >= 4 is 44.7 Å². The van der Waals surface area contributed by atoms with Crippen LogP contribution >= 0.6 is 23.9 Å². The minimum Gasteiger partial charge on any atom is -0.315 e. The Bertz CT molecular complexity index is 933. The summed E-state index contributed by atoms with van der Waals surface area (Å²) in [6.07, 6.45) is 4.21. The Labute approximate surface area is 163 Å². The van der Waals surface area contributed by atoms with Gasteiger partial charge in [0.15, 0.2) is 0 Å². The predicted molar refractivity (Wildman–Crippen MR) is 107 cm³/mol. The van der Waals surface area contributed by atoms with Crippen molar-refractivity contribution in [3.63, 3.8) is 0 Å². The second-order valence-electron chi connectivity index (χ2n) is 5.85. The van der Waals surface area contributed by atoms with Crippen molar-refractivity contribution in [1.82, 2.24) is 19.4 Å². The van der Waals surface area contributed by atoms with Crippen molar-refractivity contribution in [2.45, 2.75) is 24.3 Å². The minimum atomic E-state index is -3.55. The molecule has 0 aliphatic heterocycles. The smallest absolute Gasteiger partial charge is 0.240 e. The average Bonchev–Trinajstić information content (AvgIpc) is 3.11. The Morgan fingerprint density at radius 3 is 2.81 bits per heavy atom. The molecule has 0 unspecified atom stereocenters. The SMILES string of the molecule is C[C@H](CNCCc1ccsn1)NS(=O)(=O)c1ccc2cnccc2c1.Cl. The maximum Gasteiger partial charge on any atom is 0.240 e. The number of nitrogens with zero attached hydrogens (tertiary/aromatic N) is 2. The maximum absolute atomic E-state index is 12.5. The van der Waals surface area contributed by atoms with Gasteiger partial charge in [0.1, 0.15) is 0 Å². The lowest BCUT2D eigenvalue weighted by Gasteiger charge is -2.15. The zero-order valence-corrected chi connectivity index (χ0v) is 16.7. The monoisotopic (exact) mass is 412 g/mol. The molecule has 0 fully saturated rings. The van der Waals surface area contributed by atoms with Crippen LogP contribution in [0.4, 0.5) is 0 Å². The van der Waals surface area contributed by atoms with Gasteiger partial charge in [0.05, 0.1) is 10.6 Å². The lowest BCUT2D eigenvalue weighted by molar-refractivity contribution is 0.537. The van der Waals surface area contributed by atoms with E-state index in [4.69, 9.17) is 0 Å². The van der Waals surface area contributed by atoms with Gasteiger partial charge in [-0.15, -0.1) is 12.4 Å². The fourth-order valence-electron chi connectivity index (χ4n) is 2.50. The molecule has 2 N–H and O–H groups in total. The molecule has 0 radical (unpaired) electrons. The Morgan fingerprint density at radius 2 is 2.04 bits per heavy atom. The van der Waals surface area contributed by atoms with E-state index in [2.05, 4.69) is 19.4 Å². The van der Waals surface area contributed by atoms with Crippen molar-refractivity contribution in [1.29, 1.82) is 0 Å². The third kappa shape index (κ3) is 5.46. The molecule has 3 rings (SSSR count). The largest absolute Gasteiger partial charge is 0.315 e. The summed E-state index contributed by atoms with van der Waals surface area (Å²) in [5, 5.41) is 6.98. The van der Waals surface area contributed by atoms with Crippen LogP contribution in [0.3, 0.4) is 0 Å². The van der Waals surface area contributed by atoms with Crippen LogP contribution in [0, 0.1) is 0 Å². The molecule has 0 saturated carbocycles. The van der Waals surface area contributed by atoms with Crippen LogP contribution in [0.25, 0.3) is 10.8 Å². The third-order valence-electron chi connectivity index (χ3n) is 3.78. The third-order valence-corrected chi connectivity index (χ3v) is 5.96. The number of nitrogens with one attached hydrogen (secondary N) is 2. The first kappa shape index (κ1) is 20.7. The summed E-state index contributed by atoms with van der Waals surface area (Å²) >= 11 is 1.44. The quantitative estimate of drug-likeness (QED) is 0.555. The van der Waals surface area contributed by atoms with Crippen molar-refractivity contribution < 1.29 is 8.42 Å². The predicted octanol–water partition coefficient (Wildman–Crippen LogP) is 2.61. The summed E-state index contributed by atoms with van der Waals surface area (Å²) in [5.41, 5.74) is 1.05. The maximum atomic E-state index is 12.5. The molecule has 140 valence electrons. The fraction of sp³-hybridized carbons (Fsp3) is 0.294. The summed E-state index contributed by atoms with van der Waals surface area (Å²) in [4.78, 5) is 4.30. The summed E-state index contributed by atoms with van der Waals surface area (Å²) in [5.74, 6) is 0. The topological polar surface area (TPSA) is 84.0 Å². The van der Waals surface area contributed by atoms with E-state index in [9.17, 15) is 8.42 Å². The zero-order valence-electron chi connectivity index (χ0n) is 14.3. The van der Waals surface area contributed by atoms with Gasteiger partial charge in [0.2, 0.25) is 10.0 Å². The van der Waals surface area contributed by atoms with E-state index >= 15 is 0 Å². The summed E-state index contributed by atoms with van der Waals surface area (Å²) in [6, 6.07) is 8.63. The molecule has 2 aromatic heterocycles. The molecular formula is C17H21ClN4O2S2. The van der Waals surface area contributed by atoms with Crippen LogP contribution in [0.5, 0.6) is 0 Å². The van der Waals surface area contributed by atoms with Gasteiger partial charge in [-0.1, -0.05) is 6.07 Å². The molecule has 1 aromatic carbocycles. The summed E-state index contributed by atoms with van der Waals surface area (Å²) < 4.78 is 32.0. The highest BCUT2D eigenvalue weighted by Gasteiger charge is 2.17. The van der Waals surface area contributed by atoms with Crippen LogP contribution in [-0.2, 0) is 16.4 Å². The number of hydrogen-bond acceptors (Lipinski definition) is 6. The van der Waals surface area contributed by atoms with Crippen molar-refractivity contribution in [2.24, 2.45) is 0 Å². The number of pyridine rings is 1. The van der Waals surface area contributed by atoms with Crippen LogP contribution in [0.2, 0.25) is 0 Å². The van der Waals surface area contributed by atoms with E-state index in [0.29, 0.717) is 6.54 Å². The molecule has 0 saturated heterocycles. The first-order valence-electron chi connectivity index (χ1n) is 8.01. The van der Waals surface area contributed by atoms with E-state index in [1.807, 2.05) is 18.4 Å². The Hall–Kier alpha value is -1.58. The lowest BCUT2D eigenvalue weighted by atomic mass is 10.2. The van der Waals surface area contributed by atoms with Gasteiger partial charge in [0, 0.05) is 48.7 Å². The standard InChI is InChI=1S/C17H20N4O2S2.ClH/c1-13(11-18-8-5-16-6-9-24-20-16)21-25(22,23)17-3-2-15-12-19-7-4-14(15)10-17;/h2-4,6-7,9-10,12-13,18,21H,5,8,11H2,1H3;1H/t13-;/m1./s1. The molecule has 2 heterocycles. The first-order valence-corrected chi connectivity index (χ1v) is 10.3. The van der Waals surface area contributed by atoms with E-state index in [1.165, 1.54) is 11.5 Å². The molecule has 26 heavy (non-hydrogen) atoms. The molecule has 0 bridgehead atoms. The highest BCUT2D eigenvalue weighted by molar-refractivity contribution is 7.89. The highest BCUT2D eigenvalue weighted by Crippen LogP contribution is 2.18. The van der Waals surface area contributed by atoms with Crippen LogP contribution in [0.15, 0.2) is 53.0 Å². The fourth-order valence-corrected chi connectivity index (χ4v) is 4.35. The number of sulfonamides is 1. The Kier molecular flexibility index (Phi) is 7.48. The molecule has 0 aliphatic carbocycles. The number of hydrogen-bond donors (Lipinski definition) is 2. The van der Waals surface area contributed by atoms with Gasteiger partial charge >= 0.3 is 0 Å². The first-order chi connectivity index (χ1) is 12.0. The number of fused-ring (bicyclic) bond motifs is 1. The molecule has 0 aliphatic rings. The van der Waals surface area contributed by atoms with E-state index in [-0.39, 0.29) is 23.3 Å². The number of benzene rings is 1. The van der Waals surface area contributed by atoms with Crippen LogP contribution in [0.1, 0.15) is 12.6 Å². The molecule has 9 heteroatoms. The second kappa shape index (κ2) is 9.38. The molecule has 3 aromatic rings. The van der Waals surface area contributed by atoms with Gasteiger partial charge in [0.25, 0.3) is 0 Å².